The van der Waals surface area contributed by atoms with Gasteiger partial charge in [0.1, 0.15) is 0 Å². The van der Waals surface area contributed by atoms with E-state index in [0.717, 1.165) is 34.6 Å². The van der Waals surface area contributed by atoms with Crippen LogP contribution < -0.4 is 15.4 Å². The molecule has 0 unspecified atom stereocenters. The molecule has 3 N–H and O–H groups in total. The van der Waals surface area contributed by atoms with E-state index in [1.807, 2.05) is 43.3 Å². The summed E-state index contributed by atoms with van der Waals surface area (Å²) in [4.78, 5) is 13.2. The summed E-state index contributed by atoms with van der Waals surface area (Å²) in [6.45, 7) is 6.59. The first-order valence-corrected chi connectivity index (χ1v) is 9.72. The van der Waals surface area contributed by atoms with E-state index in [1.54, 1.807) is 6.07 Å². The normalized spacial score (nSPS) is 20.4. The number of hydrogen-bond acceptors (Lipinski definition) is 5. The molecule has 0 saturated heterocycles. The van der Waals surface area contributed by atoms with Gasteiger partial charge in [-0.2, -0.15) is 0 Å². The Hall–Kier alpha value is -2.95. The lowest BCUT2D eigenvalue weighted by molar-refractivity contribution is -0.118. The van der Waals surface area contributed by atoms with Crippen LogP contribution in [0.25, 0.3) is 0 Å². The van der Waals surface area contributed by atoms with E-state index in [4.69, 9.17) is 4.74 Å². The zero-order valence-corrected chi connectivity index (χ0v) is 16.5. The number of benzene rings is 2. The van der Waals surface area contributed by atoms with Crippen molar-refractivity contribution in [3.63, 3.8) is 0 Å². The monoisotopic (exact) mass is 378 g/mol. The highest BCUT2D eigenvalue weighted by Gasteiger charge is 2.38. The second-order valence-corrected chi connectivity index (χ2v) is 8.24. The van der Waals surface area contributed by atoms with Crippen molar-refractivity contribution in [3.8, 4) is 11.5 Å². The highest BCUT2D eigenvalue weighted by Crippen LogP contribution is 2.46. The van der Waals surface area contributed by atoms with Crippen LogP contribution in [0.4, 0.5) is 11.4 Å². The first-order valence-electron chi connectivity index (χ1n) is 9.72. The van der Waals surface area contributed by atoms with Crippen LogP contribution in [-0.4, -0.2) is 17.5 Å². The molecule has 1 heterocycles. The molecule has 0 bridgehead atoms. The molecule has 1 atom stereocenters. The maximum Gasteiger partial charge on any atom is 0.163 e. The van der Waals surface area contributed by atoms with Crippen LogP contribution in [0, 0.1) is 5.41 Å². The molecule has 0 spiro atoms. The van der Waals surface area contributed by atoms with Gasteiger partial charge in [0.15, 0.2) is 17.3 Å². The fourth-order valence-corrected chi connectivity index (χ4v) is 4.12. The number of aromatic hydroxyl groups is 1. The Bertz CT molecular complexity index is 962. The number of Topliss-reactive ketones (excluding diaryl/α,β-unsaturated/α-hetero) is 1. The predicted octanol–water partition coefficient (Wildman–Crippen LogP) is 5.01. The Morgan fingerprint density at radius 2 is 1.89 bits per heavy atom. The fourth-order valence-electron chi connectivity index (χ4n) is 4.12. The molecule has 5 heteroatoms. The summed E-state index contributed by atoms with van der Waals surface area (Å²) >= 11 is 0. The van der Waals surface area contributed by atoms with Crippen LogP contribution >= 0.6 is 0 Å². The van der Waals surface area contributed by atoms with Crippen LogP contribution in [0.2, 0.25) is 0 Å². The summed E-state index contributed by atoms with van der Waals surface area (Å²) in [5.74, 6) is 0.677. The lowest BCUT2D eigenvalue weighted by Crippen LogP contribution is -2.31. The van der Waals surface area contributed by atoms with E-state index >= 15 is 0 Å². The van der Waals surface area contributed by atoms with Gasteiger partial charge < -0.3 is 20.5 Å². The molecule has 28 heavy (non-hydrogen) atoms. The minimum atomic E-state index is -0.311. The number of nitrogens with one attached hydrogen (secondary N) is 2. The maximum atomic E-state index is 13.2. The van der Waals surface area contributed by atoms with Crippen molar-refractivity contribution in [1.82, 2.24) is 0 Å². The summed E-state index contributed by atoms with van der Waals surface area (Å²) in [5.41, 5.74) is 4.45. The van der Waals surface area contributed by atoms with Crippen LogP contribution in [0.5, 0.6) is 11.5 Å². The summed E-state index contributed by atoms with van der Waals surface area (Å²) in [5, 5.41) is 17.2. The van der Waals surface area contributed by atoms with Crippen molar-refractivity contribution in [2.75, 3.05) is 17.2 Å². The standard InChI is InChI=1S/C23H26N2O3/c1-4-28-20-11-14(9-10-18(20)26)22-21-17(12-23(2,3)13-19(21)27)24-15-7-5-6-8-16(15)25-22/h5-11,22,24-26H,4,12-13H2,1-3H3/t22-/m0/s1. The Morgan fingerprint density at radius 1 is 1.14 bits per heavy atom. The number of phenolic OH excluding ortho intramolecular Hbond substituents is 1. The molecule has 2 aromatic carbocycles. The van der Waals surface area contributed by atoms with Crippen molar-refractivity contribution < 1.29 is 14.6 Å². The third-order valence-electron chi connectivity index (χ3n) is 5.34. The summed E-state index contributed by atoms with van der Waals surface area (Å²) in [7, 11) is 0. The minimum Gasteiger partial charge on any atom is -0.504 e. The number of anilines is 2. The van der Waals surface area contributed by atoms with Crippen LogP contribution in [-0.2, 0) is 4.79 Å². The average Bonchev–Trinajstić information content (AvgIpc) is 2.79. The Morgan fingerprint density at radius 3 is 2.64 bits per heavy atom. The third kappa shape index (κ3) is 3.33. The number of fused-ring (bicyclic) bond motifs is 1. The van der Waals surface area contributed by atoms with Gasteiger partial charge in [-0.15, -0.1) is 0 Å². The van der Waals surface area contributed by atoms with Crippen molar-refractivity contribution >= 4 is 17.2 Å². The molecule has 0 amide bonds. The van der Waals surface area contributed by atoms with Crippen molar-refractivity contribution in [3.05, 3.63) is 59.3 Å². The Labute approximate surface area is 165 Å². The van der Waals surface area contributed by atoms with E-state index in [9.17, 15) is 9.90 Å². The zero-order valence-electron chi connectivity index (χ0n) is 16.5. The first kappa shape index (κ1) is 18.4. The molecular weight excluding hydrogens is 352 g/mol. The molecule has 1 aliphatic carbocycles. The molecule has 2 aliphatic rings. The largest absolute Gasteiger partial charge is 0.504 e. The topological polar surface area (TPSA) is 70.6 Å². The van der Waals surface area contributed by atoms with Gasteiger partial charge in [0, 0.05) is 17.7 Å². The molecular formula is C23H26N2O3. The number of hydrogen-bond donors (Lipinski definition) is 3. The Balaban J connectivity index is 1.86. The van der Waals surface area contributed by atoms with Gasteiger partial charge in [-0.25, -0.2) is 0 Å². The van der Waals surface area contributed by atoms with E-state index in [1.165, 1.54) is 0 Å². The number of phenols is 1. The average molecular weight is 378 g/mol. The molecule has 0 saturated carbocycles. The van der Waals surface area contributed by atoms with Crippen molar-refractivity contribution in [1.29, 1.82) is 0 Å². The number of allylic oxidation sites excluding steroid dienone is 1. The maximum absolute atomic E-state index is 13.2. The number of carbonyl (C=O) groups is 1. The Kier molecular flexibility index (Phi) is 4.53. The lowest BCUT2D eigenvalue weighted by Gasteiger charge is -2.34. The molecule has 5 nitrogen and oxygen atoms in total. The second kappa shape index (κ2) is 6.89. The fraction of sp³-hybridized carbons (Fsp3) is 0.348. The highest BCUT2D eigenvalue weighted by molar-refractivity contribution is 6.01. The van der Waals surface area contributed by atoms with Gasteiger partial charge in [0.05, 0.1) is 24.0 Å². The molecule has 0 radical (unpaired) electrons. The van der Waals surface area contributed by atoms with E-state index in [0.29, 0.717) is 18.8 Å². The summed E-state index contributed by atoms with van der Waals surface area (Å²) in [6.07, 6.45) is 1.31. The number of rotatable bonds is 3. The van der Waals surface area contributed by atoms with Crippen LogP contribution in [0.15, 0.2) is 53.7 Å². The van der Waals surface area contributed by atoms with Crippen molar-refractivity contribution in [2.45, 2.75) is 39.7 Å². The predicted molar refractivity (Wildman–Crippen MR) is 111 cm³/mol. The van der Waals surface area contributed by atoms with Crippen molar-refractivity contribution in [2.24, 2.45) is 5.41 Å². The zero-order chi connectivity index (χ0) is 19.9. The molecule has 0 fully saturated rings. The van der Waals surface area contributed by atoms with E-state index in [-0.39, 0.29) is 23.0 Å². The number of ketones is 1. The number of ether oxygens (including phenoxy) is 1. The molecule has 2 aromatic rings. The molecule has 1 aliphatic heterocycles. The SMILES string of the molecule is CCOc1cc([C@@H]2Nc3ccccc3NC3=C2C(=O)CC(C)(C)C3)ccc1O. The van der Waals surface area contributed by atoms with Gasteiger partial charge in [0.25, 0.3) is 0 Å². The van der Waals surface area contributed by atoms with Gasteiger partial charge >= 0.3 is 0 Å². The minimum absolute atomic E-state index is 0.0851. The molecule has 0 aromatic heterocycles. The smallest absolute Gasteiger partial charge is 0.163 e. The number of para-hydroxylation sites is 2. The van der Waals surface area contributed by atoms with E-state index < -0.39 is 0 Å². The first-order chi connectivity index (χ1) is 13.4. The lowest BCUT2D eigenvalue weighted by atomic mass is 9.73. The molecule has 4 rings (SSSR count). The molecule has 146 valence electrons. The van der Waals surface area contributed by atoms with Crippen LogP contribution in [0.1, 0.15) is 45.2 Å². The highest BCUT2D eigenvalue weighted by atomic mass is 16.5. The van der Waals surface area contributed by atoms with Gasteiger partial charge in [0.2, 0.25) is 0 Å². The third-order valence-corrected chi connectivity index (χ3v) is 5.34. The summed E-state index contributed by atoms with van der Waals surface area (Å²) < 4.78 is 5.57. The van der Waals surface area contributed by atoms with Gasteiger partial charge in [-0.05, 0) is 48.6 Å². The quantitative estimate of drug-likeness (QED) is 0.700. The van der Waals surface area contributed by atoms with Gasteiger partial charge in [-0.1, -0.05) is 32.0 Å². The van der Waals surface area contributed by atoms with Gasteiger partial charge in [-0.3, -0.25) is 4.79 Å². The van der Waals surface area contributed by atoms with Crippen LogP contribution in [0.3, 0.4) is 0 Å². The summed E-state index contributed by atoms with van der Waals surface area (Å²) in [6, 6.07) is 13.0. The number of carbonyl (C=O) groups excluding carboxylic acids is 1. The second-order valence-electron chi connectivity index (χ2n) is 8.24. The van der Waals surface area contributed by atoms with E-state index in [2.05, 4.69) is 24.5 Å².